The van der Waals surface area contributed by atoms with Crippen molar-refractivity contribution in [3.05, 3.63) is 59.5 Å². The summed E-state index contributed by atoms with van der Waals surface area (Å²) in [7, 11) is 1.61. The summed E-state index contributed by atoms with van der Waals surface area (Å²) >= 11 is 1.34. The molecule has 0 bridgehead atoms. The second-order valence-corrected chi connectivity index (χ2v) is 6.98. The molecule has 1 atom stereocenters. The molecule has 1 aliphatic heterocycles. The van der Waals surface area contributed by atoms with Gasteiger partial charge in [0.1, 0.15) is 5.75 Å². The van der Waals surface area contributed by atoms with Crippen LogP contribution in [0.4, 0.5) is 10.8 Å². The Bertz CT molecular complexity index is 1010. The number of para-hydroxylation sites is 2. The average molecular weight is 379 g/mol. The average Bonchev–Trinajstić information content (AvgIpc) is 3.26. The van der Waals surface area contributed by atoms with Crippen molar-refractivity contribution in [3.8, 4) is 17.0 Å². The Labute approximate surface area is 160 Å². The summed E-state index contributed by atoms with van der Waals surface area (Å²) in [6, 6.07) is 15.0. The van der Waals surface area contributed by atoms with Crippen LogP contribution in [0.1, 0.15) is 17.9 Å². The van der Waals surface area contributed by atoms with Gasteiger partial charge in [-0.3, -0.25) is 9.59 Å². The fourth-order valence-corrected chi connectivity index (χ4v) is 3.87. The van der Waals surface area contributed by atoms with E-state index in [0.29, 0.717) is 5.13 Å². The van der Waals surface area contributed by atoms with E-state index >= 15 is 0 Å². The molecule has 2 N–H and O–H groups in total. The molecule has 136 valence electrons. The van der Waals surface area contributed by atoms with E-state index in [4.69, 9.17) is 4.74 Å². The number of anilines is 2. The van der Waals surface area contributed by atoms with E-state index in [9.17, 15) is 9.59 Å². The van der Waals surface area contributed by atoms with Crippen LogP contribution in [0, 0.1) is 0 Å². The minimum atomic E-state index is -0.477. The van der Waals surface area contributed by atoms with Crippen molar-refractivity contribution in [2.24, 2.45) is 0 Å². The molecule has 6 nitrogen and oxygen atoms in total. The lowest BCUT2D eigenvalue weighted by Crippen LogP contribution is -2.20. The van der Waals surface area contributed by atoms with E-state index in [1.54, 1.807) is 7.11 Å². The van der Waals surface area contributed by atoms with Crippen LogP contribution in [0.5, 0.6) is 5.75 Å². The second-order valence-electron chi connectivity index (χ2n) is 6.12. The van der Waals surface area contributed by atoms with Crippen LogP contribution in [0.2, 0.25) is 0 Å². The SMILES string of the molecule is COc1ccccc1-c1csc(NC(=O)CC2C(=O)Nc3ccccc32)n1. The van der Waals surface area contributed by atoms with Gasteiger partial charge in [-0.1, -0.05) is 30.3 Å². The van der Waals surface area contributed by atoms with Crippen molar-refractivity contribution in [3.63, 3.8) is 0 Å². The van der Waals surface area contributed by atoms with Crippen LogP contribution < -0.4 is 15.4 Å². The number of methoxy groups -OCH3 is 1. The Hall–Kier alpha value is -3.19. The maximum atomic E-state index is 12.4. The number of nitrogens with one attached hydrogen (secondary N) is 2. The summed E-state index contributed by atoms with van der Waals surface area (Å²) in [6.07, 6.45) is 0.0758. The minimum absolute atomic E-state index is 0.0758. The van der Waals surface area contributed by atoms with Gasteiger partial charge >= 0.3 is 0 Å². The van der Waals surface area contributed by atoms with Crippen LogP contribution in [0.15, 0.2) is 53.9 Å². The molecule has 0 aliphatic carbocycles. The number of fused-ring (bicyclic) bond motifs is 1. The zero-order valence-corrected chi connectivity index (χ0v) is 15.4. The van der Waals surface area contributed by atoms with Gasteiger partial charge in [-0.25, -0.2) is 4.98 Å². The van der Waals surface area contributed by atoms with E-state index in [1.807, 2.05) is 53.9 Å². The molecule has 2 aromatic carbocycles. The lowest BCUT2D eigenvalue weighted by atomic mass is 9.97. The molecule has 0 saturated carbocycles. The highest BCUT2D eigenvalue weighted by Gasteiger charge is 2.32. The quantitative estimate of drug-likeness (QED) is 0.705. The van der Waals surface area contributed by atoms with E-state index in [-0.39, 0.29) is 18.2 Å². The fraction of sp³-hybridized carbons (Fsp3) is 0.150. The summed E-state index contributed by atoms with van der Waals surface area (Å²) in [5, 5.41) is 7.96. The molecule has 3 aromatic rings. The van der Waals surface area contributed by atoms with E-state index in [1.165, 1.54) is 11.3 Å². The van der Waals surface area contributed by atoms with Gasteiger partial charge in [-0.15, -0.1) is 11.3 Å². The zero-order chi connectivity index (χ0) is 18.8. The first-order valence-electron chi connectivity index (χ1n) is 8.44. The van der Waals surface area contributed by atoms with Crippen LogP contribution >= 0.6 is 11.3 Å². The first kappa shape index (κ1) is 17.2. The van der Waals surface area contributed by atoms with E-state index in [0.717, 1.165) is 28.3 Å². The number of carbonyl (C=O) groups is 2. The van der Waals surface area contributed by atoms with Crippen molar-refractivity contribution in [2.45, 2.75) is 12.3 Å². The first-order chi connectivity index (χ1) is 13.2. The number of amides is 2. The van der Waals surface area contributed by atoms with Gasteiger partial charge in [-0.2, -0.15) is 0 Å². The molecule has 0 radical (unpaired) electrons. The third kappa shape index (κ3) is 3.41. The van der Waals surface area contributed by atoms with Gasteiger partial charge in [0, 0.05) is 23.1 Å². The molecule has 4 rings (SSSR count). The van der Waals surface area contributed by atoms with Crippen molar-refractivity contribution in [1.29, 1.82) is 0 Å². The van der Waals surface area contributed by atoms with Gasteiger partial charge in [0.25, 0.3) is 0 Å². The summed E-state index contributed by atoms with van der Waals surface area (Å²) < 4.78 is 5.36. The van der Waals surface area contributed by atoms with Crippen molar-refractivity contribution in [1.82, 2.24) is 4.98 Å². The molecule has 0 saturated heterocycles. The zero-order valence-electron chi connectivity index (χ0n) is 14.6. The lowest BCUT2D eigenvalue weighted by Gasteiger charge is -2.08. The number of thiazole rings is 1. The Morgan fingerprint density at radius 3 is 2.85 bits per heavy atom. The minimum Gasteiger partial charge on any atom is -0.496 e. The monoisotopic (exact) mass is 379 g/mol. The number of ether oxygens (including phenoxy) is 1. The number of carbonyl (C=O) groups excluding carboxylic acids is 2. The van der Waals surface area contributed by atoms with Crippen molar-refractivity contribution in [2.75, 3.05) is 17.7 Å². The molecule has 1 unspecified atom stereocenters. The molecule has 0 fully saturated rings. The van der Waals surface area contributed by atoms with Crippen molar-refractivity contribution < 1.29 is 14.3 Å². The molecular weight excluding hydrogens is 362 g/mol. The highest BCUT2D eigenvalue weighted by atomic mass is 32.1. The van der Waals surface area contributed by atoms with Crippen LogP contribution in [0.25, 0.3) is 11.3 Å². The molecular formula is C20H17N3O3S. The van der Waals surface area contributed by atoms with Crippen LogP contribution in [-0.4, -0.2) is 23.9 Å². The Kier molecular flexibility index (Phi) is 4.60. The van der Waals surface area contributed by atoms with Crippen molar-refractivity contribution >= 4 is 34.0 Å². The number of aromatic nitrogens is 1. The predicted octanol–water partition coefficient (Wildman–Crippen LogP) is 3.88. The summed E-state index contributed by atoms with van der Waals surface area (Å²) in [5.74, 6) is -0.150. The smallest absolute Gasteiger partial charge is 0.232 e. The second kappa shape index (κ2) is 7.20. The van der Waals surface area contributed by atoms with Gasteiger partial charge in [0.2, 0.25) is 11.8 Å². The molecule has 2 amide bonds. The third-order valence-electron chi connectivity index (χ3n) is 4.43. The van der Waals surface area contributed by atoms with Gasteiger partial charge < -0.3 is 15.4 Å². The number of benzene rings is 2. The molecule has 0 spiro atoms. The largest absolute Gasteiger partial charge is 0.496 e. The molecule has 2 heterocycles. The van der Waals surface area contributed by atoms with E-state index < -0.39 is 5.92 Å². The lowest BCUT2D eigenvalue weighted by molar-refractivity contribution is -0.122. The topological polar surface area (TPSA) is 80.3 Å². The first-order valence-corrected chi connectivity index (χ1v) is 9.32. The summed E-state index contributed by atoms with van der Waals surface area (Å²) in [5.41, 5.74) is 3.22. The normalized spacial score (nSPS) is 15.1. The van der Waals surface area contributed by atoms with Crippen LogP contribution in [0.3, 0.4) is 0 Å². The number of hydrogen-bond acceptors (Lipinski definition) is 5. The Morgan fingerprint density at radius 2 is 2.00 bits per heavy atom. The maximum Gasteiger partial charge on any atom is 0.232 e. The van der Waals surface area contributed by atoms with Crippen LogP contribution in [-0.2, 0) is 9.59 Å². The molecule has 1 aromatic heterocycles. The Balaban J connectivity index is 1.47. The standard InChI is InChI=1S/C20H17N3O3S/c1-26-17-9-5-3-7-13(17)16-11-27-20(22-16)23-18(24)10-14-12-6-2-4-8-15(12)21-19(14)25/h2-9,11,14H,10H2,1H3,(H,21,25)(H,22,23,24). The predicted molar refractivity (Wildman–Crippen MR) is 105 cm³/mol. The van der Waals surface area contributed by atoms with E-state index in [2.05, 4.69) is 15.6 Å². The molecule has 7 heteroatoms. The fourth-order valence-electron chi connectivity index (χ4n) is 3.15. The number of hydrogen-bond donors (Lipinski definition) is 2. The Morgan fingerprint density at radius 1 is 1.22 bits per heavy atom. The van der Waals surface area contributed by atoms with Gasteiger partial charge in [0.05, 0.1) is 18.7 Å². The third-order valence-corrected chi connectivity index (χ3v) is 5.19. The highest BCUT2D eigenvalue weighted by molar-refractivity contribution is 7.14. The number of nitrogens with zero attached hydrogens (tertiary/aromatic N) is 1. The number of rotatable bonds is 5. The summed E-state index contributed by atoms with van der Waals surface area (Å²) in [6.45, 7) is 0. The van der Waals surface area contributed by atoms with Gasteiger partial charge in [0.15, 0.2) is 5.13 Å². The highest BCUT2D eigenvalue weighted by Crippen LogP contribution is 2.35. The molecule has 1 aliphatic rings. The maximum absolute atomic E-state index is 12.4. The summed E-state index contributed by atoms with van der Waals surface area (Å²) in [4.78, 5) is 29.1. The van der Waals surface area contributed by atoms with Gasteiger partial charge in [-0.05, 0) is 23.8 Å². The molecule has 27 heavy (non-hydrogen) atoms.